The van der Waals surface area contributed by atoms with Crippen molar-refractivity contribution in [1.82, 2.24) is 5.32 Å². The van der Waals surface area contributed by atoms with E-state index in [0.29, 0.717) is 18.2 Å². The fraction of sp³-hybridized carbons (Fsp3) is 1.00. The zero-order valence-corrected chi connectivity index (χ0v) is 10.8. The summed E-state index contributed by atoms with van der Waals surface area (Å²) in [6.45, 7) is 5.24. The van der Waals surface area contributed by atoms with Gasteiger partial charge < -0.3 is 10.1 Å². The third kappa shape index (κ3) is 5.64. The first-order valence-corrected chi connectivity index (χ1v) is 7.49. The predicted molar refractivity (Wildman–Crippen MR) is 64.6 cm³/mol. The van der Waals surface area contributed by atoms with Crippen LogP contribution < -0.4 is 5.32 Å². The van der Waals surface area contributed by atoms with Gasteiger partial charge in [0.05, 0.1) is 12.2 Å². The summed E-state index contributed by atoms with van der Waals surface area (Å²) in [4.78, 5) is 0. The number of hydrogen-bond acceptors (Lipinski definition) is 3. The zero-order valence-electron chi connectivity index (χ0n) is 9.99. The lowest BCUT2D eigenvalue weighted by atomic mass is 10.00. The van der Waals surface area contributed by atoms with E-state index in [4.69, 9.17) is 4.74 Å². The molecule has 1 aliphatic heterocycles. The molecule has 1 rings (SSSR count). The molecule has 90 valence electrons. The van der Waals surface area contributed by atoms with Gasteiger partial charge in [-0.3, -0.25) is 4.21 Å². The summed E-state index contributed by atoms with van der Waals surface area (Å²) >= 11 is 0. The second-order valence-corrected chi connectivity index (χ2v) is 6.07. The molecule has 4 heteroatoms. The Kier molecular flexibility index (Phi) is 5.79. The summed E-state index contributed by atoms with van der Waals surface area (Å²) in [5.74, 6) is 0.807. The van der Waals surface area contributed by atoms with Gasteiger partial charge in [0, 0.05) is 28.9 Å². The van der Waals surface area contributed by atoms with Gasteiger partial charge in [0.25, 0.3) is 0 Å². The Hall–Kier alpha value is 0.0700. The van der Waals surface area contributed by atoms with Gasteiger partial charge in [0.2, 0.25) is 0 Å². The number of ether oxygens (including phenoxy) is 1. The lowest BCUT2D eigenvalue weighted by molar-refractivity contribution is -0.0419. The van der Waals surface area contributed by atoms with Gasteiger partial charge in [-0.05, 0) is 39.7 Å². The number of hydrogen-bond donors (Lipinski definition) is 1. The molecule has 1 fully saturated rings. The smallest absolute Gasteiger partial charge is 0.0565 e. The van der Waals surface area contributed by atoms with E-state index in [-0.39, 0.29) is 0 Å². The van der Waals surface area contributed by atoms with E-state index in [1.165, 1.54) is 0 Å². The summed E-state index contributed by atoms with van der Waals surface area (Å²) in [6, 6.07) is 0.578. The highest BCUT2D eigenvalue weighted by atomic mass is 32.2. The first-order valence-electron chi connectivity index (χ1n) is 5.76. The molecule has 3 nitrogen and oxygen atoms in total. The molecule has 0 spiro atoms. The van der Waals surface area contributed by atoms with Crippen LogP contribution >= 0.6 is 0 Å². The van der Waals surface area contributed by atoms with Crippen LogP contribution in [-0.2, 0) is 15.5 Å². The maximum Gasteiger partial charge on any atom is 0.0565 e. The van der Waals surface area contributed by atoms with Crippen molar-refractivity contribution in [2.24, 2.45) is 0 Å². The molecule has 3 unspecified atom stereocenters. The zero-order chi connectivity index (χ0) is 11.3. The molecule has 0 aliphatic carbocycles. The molecular weight excluding hydrogens is 210 g/mol. The Bertz CT molecular complexity index is 201. The third-order valence-corrected chi connectivity index (χ3v) is 3.60. The van der Waals surface area contributed by atoms with Crippen molar-refractivity contribution >= 4 is 10.8 Å². The summed E-state index contributed by atoms with van der Waals surface area (Å²) in [5, 5.41) is 3.52. The maximum absolute atomic E-state index is 10.9. The molecule has 0 bridgehead atoms. The first kappa shape index (κ1) is 13.1. The van der Waals surface area contributed by atoms with Crippen LogP contribution in [0.5, 0.6) is 0 Å². The Labute approximate surface area is 95.4 Å². The van der Waals surface area contributed by atoms with Crippen molar-refractivity contribution in [1.29, 1.82) is 0 Å². The largest absolute Gasteiger partial charge is 0.375 e. The molecule has 0 amide bonds. The highest BCUT2D eigenvalue weighted by Gasteiger charge is 2.23. The summed E-state index contributed by atoms with van der Waals surface area (Å²) in [6.07, 6.45) is 5.69. The number of rotatable bonds is 5. The van der Waals surface area contributed by atoms with Crippen molar-refractivity contribution in [3.8, 4) is 0 Å². The summed E-state index contributed by atoms with van der Waals surface area (Å²) < 4.78 is 16.5. The molecule has 0 aromatic rings. The van der Waals surface area contributed by atoms with E-state index in [0.717, 1.165) is 31.6 Å². The average Bonchev–Trinajstić information content (AvgIpc) is 2.10. The van der Waals surface area contributed by atoms with Gasteiger partial charge >= 0.3 is 0 Å². The predicted octanol–water partition coefficient (Wildman–Crippen LogP) is 1.30. The van der Waals surface area contributed by atoms with E-state index in [2.05, 4.69) is 19.2 Å². The molecule has 0 aromatic carbocycles. The monoisotopic (exact) mass is 233 g/mol. The topological polar surface area (TPSA) is 38.3 Å². The van der Waals surface area contributed by atoms with Crippen LogP contribution in [0.4, 0.5) is 0 Å². The van der Waals surface area contributed by atoms with Gasteiger partial charge in [-0.15, -0.1) is 0 Å². The van der Waals surface area contributed by atoms with Gasteiger partial charge in [0.1, 0.15) is 0 Å². The Balaban J connectivity index is 2.12. The van der Waals surface area contributed by atoms with E-state index in [1.54, 1.807) is 6.26 Å². The van der Waals surface area contributed by atoms with Gasteiger partial charge in [-0.25, -0.2) is 0 Å². The minimum Gasteiger partial charge on any atom is -0.375 e. The summed E-state index contributed by atoms with van der Waals surface area (Å²) in [7, 11) is -0.651. The highest BCUT2D eigenvalue weighted by molar-refractivity contribution is 7.84. The minimum absolute atomic E-state index is 0.367. The Morgan fingerprint density at radius 1 is 1.33 bits per heavy atom. The van der Waals surface area contributed by atoms with E-state index >= 15 is 0 Å². The molecule has 0 aromatic heterocycles. The molecule has 1 aliphatic rings. The second kappa shape index (κ2) is 6.61. The normalized spacial score (nSPS) is 33.9. The average molecular weight is 233 g/mol. The van der Waals surface area contributed by atoms with Crippen molar-refractivity contribution in [3.63, 3.8) is 0 Å². The lowest BCUT2D eigenvalue weighted by Gasteiger charge is -2.32. The molecule has 1 saturated heterocycles. The van der Waals surface area contributed by atoms with Crippen molar-refractivity contribution in [3.05, 3.63) is 0 Å². The molecule has 0 saturated carbocycles. The molecule has 1 N–H and O–H groups in total. The highest BCUT2D eigenvalue weighted by Crippen LogP contribution is 2.18. The van der Waals surface area contributed by atoms with E-state index < -0.39 is 10.8 Å². The fourth-order valence-corrected chi connectivity index (χ4v) is 2.70. The third-order valence-electron chi connectivity index (χ3n) is 2.74. The molecule has 15 heavy (non-hydrogen) atoms. The van der Waals surface area contributed by atoms with Crippen LogP contribution in [0.15, 0.2) is 0 Å². The minimum atomic E-state index is -0.651. The SMILES string of the molecule is CC1CC(NCCCS(C)=O)CC(C)O1. The van der Waals surface area contributed by atoms with Gasteiger partial charge in [0.15, 0.2) is 0 Å². The van der Waals surface area contributed by atoms with Crippen molar-refractivity contribution in [2.45, 2.75) is 51.4 Å². The molecule has 3 atom stereocenters. The molecule has 1 heterocycles. The van der Waals surface area contributed by atoms with Crippen molar-refractivity contribution < 1.29 is 8.95 Å². The maximum atomic E-state index is 10.9. The van der Waals surface area contributed by atoms with Gasteiger partial charge in [-0.2, -0.15) is 0 Å². The van der Waals surface area contributed by atoms with Crippen LogP contribution in [-0.4, -0.2) is 41.0 Å². The standard InChI is InChI=1S/C11H23NO2S/c1-9-7-11(8-10(2)14-9)12-5-4-6-15(3)13/h9-12H,4-8H2,1-3H3. The van der Waals surface area contributed by atoms with E-state index in [1.807, 2.05) is 0 Å². The second-order valence-electron chi connectivity index (χ2n) is 4.51. The van der Waals surface area contributed by atoms with Crippen LogP contribution in [0.25, 0.3) is 0 Å². The lowest BCUT2D eigenvalue weighted by Crippen LogP contribution is -2.41. The van der Waals surface area contributed by atoms with Crippen LogP contribution in [0.3, 0.4) is 0 Å². The fourth-order valence-electron chi connectivity index (χ4n) is 2.15. The number of nitrogens with one attached hydrogen (secondary N) is 1. The van der Waals surface area contributed by atoms with Crippen LogP contribution in [0, 0.1) is 0 Å². The van der Waals surface area contributed by atoms with Gasteiger partial charge in [-0.1, -0.05) is 0 Å². The molecule has 0 radical (unpaired) electrons. The summed E-state index contributed by atoms with van der Waals surface area (Å²) in [5.41, 5.74) is 0. The van der Waals surface area contributed by atoms with Crippen LogP contribution in [0.1, 0.15) is 33.1 Å². The van der Waals surface area contributed by atoms with E-state index in [9.17, 15) is 4.21 Å². The van der Waals surface area contributed by atoms with Crippen LogP contribution in [0.2, 0.25) is 0 Å². The Morgan fingerprint density at radius 2 is 1.93 bits per heavy atom. The Morgan fingerprint density at radius 3 is 2.47 bits per heavy atom. The van der Waals surface area contributed by atoms with Crippen molar-refractivity contribution in [2.75, 3.05) is 18.6 Å². The molecular formula is C11H23NO2S. The quantitative estimate of drug-likeness (QED) is 0.727. The first-order chi connectivity index (χ1) is 7.08.